The number of nitrogens with zero attached hydrogens (tertiary/aromatic N) is 2. The maximum Gasteiger partial charge on any atom is 0.255 e. The first-order valence-electron chi connectivity index (χ1n) is 11.7. The van der Waals surface area contributed by atoms with Crippen LogP contribution in [0.2, 0.25) is 0 Å². The Hall–Kier alpha value is -2.81. The average molecular weight is 459 g/mol. The molecule has 0 bridgehead atoms. The Balaban J connectivity index is 1.51. The highest BCUT2D eigenvalue weighted by atomic mass is 19.1. The number of rotatable bonds is 5. The first-order valence-corrected chi connectivity index (χ1v) is 11.7. The van der Waals surface area contributed by atoms with Crippen LogP contribution >= 0.6 is 0 Å². The normalized spacial score (nSPS) is 22.7. The van der Waals surface area contributed by atoms with Crippen molar-refractivity contribution in [3.63, 3.8) is 0 Å². The van der Waals surface area contributed by atoms with E-state index in [1.54, 1.807) is 0 Å². The van der Waals surface area contributed by atoms with Crippen LogP contribution in [0.1, 0.15) is 59.2 Å². The van der Waals surface area contributed by atoms with Crippen LogP contribution in [-0.4, -0.2) is 68.2 Å². The third-order valence-corrected chi connectivity index (χ3v) is 7.41. The lowest BCUT2D eigenvalue weighted by molar-refractivity contribution is -0.136. The van der Waals surface area contributed by atoms with E-state index in [1.807, 2.05) is 4.90 Å². The van der Waals surface area contributed by atoms with E-state index in [4.69, 9.17) is 0 Å². The minimum Gasteiger partial charge on any atom is -0.369 e. The van der Waals surface area contributed by atoms with E-state index >= 15 is 0 Å². The molecular weight excluding hydrogens is 427 g/mol. The van der Waals surface area contributed by atoms with Gasteiger partial charge in [-0.15, -0.1) is 0 Å². The lowest BCUT2D eigenvalue weighted by Gasteiger charge is -2.39. The van der Waals surface area contributed by atoms with E-state index in [0.717, 1.165) is 32.0 Å². The van der Waals surface area contributed by atoms with E-state index in [-0.39, 0.29) is 29.9 Å². The fraction of sp³-hybridized carbons (Fsp3) is 0.583. The molecular formula is C24H31FN4O4. The maximum absolute atomic E-state index is 14.9. The van der Waals surface area contributed by atoms with Gasteiger partial charge in [-0.1, -0.05) is 0 Å². The zero-order valence-corrected chi connectivity index (χ0v) is 18.9. The maximum atomic E-state index is 14.9. The number of halogens is 1. The molecule has 33 heavy (non-hydrogen) atoms. The van der Waals surface area contributed by atoms with Gasteiger partial charge in [0.25, 0.3) is 5.91 Å². The number of likely N-dealkylation sites (N-methyl/N-ethyl adjacent to an activating group) is 1. The fourth-order valence-electron chi connectivity index (χ4n) is 5.41. The zero-order valence-electron chi connectivity index (χ0n) is 18.9. The second kappa shape index (κ2) is 9.99. The molecule has 178 valence electrons. The Bertz CT molecular complexity index is 939. The zero-order chi connectivity index (χ0) is 23.5. The number of anilines is 1. The summed E-state index contributed by atoms with van der Waals surface area (Å²) in [6.45, 7) is 3.50. The number of hydrogen-bond donors (Lipinski definition) is 2. The Morgan fingerprint density at radius 1 is 1.09 bits per heavy atom. The molecule has 8 nitrogen and oxygen atoms in total. The monoisotopic (exact) mass is 458 g/mol. The molecule has 3 amide bonds. The van der Waals surface area contributed by atoms with Gasteiger partial charge in [-0.25, -0.2) is 4.39 Å². The van der Waals surface area contributed by atoms with E-state index < -0.39 is 23.7 Å². The number of benzene rings is 1. The molecule has 3 fully saturated rings. The summed E-state index contributed by atoms with van der Waals surface area (Å²) in [6, 6.07) is 1.73. The molecule has 0 radical (unpaired) electrons. The average Bonchev–Trinajstić information content (AvgIpc) is 2.83. The molecule has 1 aromatic carbocycles. The summed E-state index contributed by atoms with van der Waals surface area (Å²) in [6.07, 6.45) is 5.10. The van der Waals surface area contributed by atoms with Crippen molar-refractivity contribution >= 4 is 29.7 Å². The minimum absolute atomic E-state index is 0.0509. The van der Waals surface area contributed by atoms with E-state index in [1.165, 1.54) is 30.9 Å². The standard InChI is InChI=1S/C24H31FN4O4/c1-28(20-2-3-22(31)27-23(20)32)24(33)18-13-21(19(25)12-17(18)14-30)29-10-6-16(7-11-29)15-4-8-26-9-5-15/h12-16,20,26H,2-11H2,1H3,(H,27,31,32). The lowest BCUT2D eigenvalue weighted by Crippen LogP contribution is -2.53. The molecule has 3 heterocycles. The molecule has 3 saturated heterocycles. The second-order valence-electron chi connectivity index (χ2n) is 9.30. The van der Waals surface area contributed by atoms with Gasteiger partial charge in [0.05, 0.1) is 11.3 Å². The molecule has 3 aliphatic heterocycles. The molecule has 1 atom stereocenters. The van der Waals surface area contributed by atoms with Crippen LogP contribution in [-0.2, 0) is 9.59 Å². The molecule has 0 spiro atoms. The Morgan fingerprint density at radius 2 is 1.76 bits per heavy atom. The van der Waals surface area contributed by atoms with Crippen LogP contribution in [0.4, 0.5) is 10.1 Å². The van der Waals surface area contributed by atoms with Crippen molar-refractivity contribution in [2.45, 2.75) is 44.6 Å². The molecule has 1 unspecified atom stereocenters. The summed E-state index contributed by atoms with van der Waals surface area (Å²) in [5.74, 6) is -0.662. The molecule has 0 saturated carbocycles. The van der Waals surface area contributed by atoms with Gasteiger partial charge in [-0.3, -0.25) is 24.5 Å². The van der Waals surface area contributed by atoms with Crippen molar-refractivity contribution in [3.05, 3.63) is 29.1 Å². The first-order chi connectivity index (χ1) is 15.9. The van der Waals surface area contributed by atoms with Crippen molar-refractivity contribution in [2.24, 2.45) is 11.8 Å². The molecule has 9 heteroatoms. The summed E-state index contributed by atoms with van der Waals surface area (Å²) >= 11 is 0. The number of nitrogens with one attached hydrogen (secondary N) is 2. The number of carbonyl (C=O) groups is 4. The van der Waals surface area contributed by atoms with Gasteiger partial charge in [-0.05, 0) is 69.2 Å². The van der Waals surface area contributed by atoms with E-state index in [9.17, 15) is 23.6 Å². The number of aldehydes is 1. The SMILES string of the molecule is CN(C(=O)c1cc(N2CCC(C3CCNCC3)CC2)c(F)cc1C=O)C1CCC(=O)NC1=O. The highest BCUT2D eigenvalue weighted by molar-refractivity contribution is 6.06. The molecule has 2 N–H and O–H groups in total. The summed E-state index contributed by atoms with van der Waals surface area (Å²) in [5, 5.41) is 5.63. The van der Waals surface area contributed by atoms with Gasteiger partial charge in [0.1, 0.15) is 11.9 Å². The quantitative estimate of drug-likeness (QED) is 0.515. The minimum atomic E-state index is -0.816. The van der Waals surface area contributed by atoms with E-state index in [0.29, 0.717) is 36.9 Å². The number of imide groups is 1. The second-order valence-corrected chi connectivity index (χ2v) is 9.30. The largest absolute Gasteiger partial charge is 0.369 e. The van der Waals surface area contributed by atoms with Crippen LogP contribution in [0.15, 0.2) is 12.1 Å². The third kappa shape index (κ3) is 4.93. The number of piperidine rings is 3. The number of amides is 3. The third-order valence-electron chi connectivity index (χ3n) is 7.41. The molecule has 4 rings (SSSR count). The van der Waals surface area contributed by atoms with Crippen LogP contribution in [0.25, 0.3) is 0 Å². The van der Waals surface area contributed by atoms with Crippen molar-refractivity contribution in [1.29, 1.82) is 0 Å². The van der Waals surface area contributed by atoms with Crippen molar-refractivity contribution in [3.8, 4) is 0 Å². The van der Waals surface area contributed by atoms with Crippen LogP contribution in [0, 0.1) is 17.7 Å². The van der Waals surface area contributed by atoms with Gasteiger partial charge >= 0.3 is 0 Å². The molecule has 0 aliphatic carbocycles. The van der Waals surface area contributed by atoms with Crippen LogP contribution < -0.4 is 15.5 Å². The Kier molecular flexibility index (Phi) is 7.07. The number of carbonyl (C=O) groups excluding carboxylic acids is 4. The summed E-state index contributed by atoms with van der Waals surface area (Å²) < 4.78 is 14.9. The molecule has 1 aromatic rings. The van der Waals surface area contributed by atoms with Gasteiger partial charge in [0.2, 0.25) is 11.8 Å². The summed E-state index contributed by atoms with van der Waals surface area (Å²) in [7, 11) is 1.46. The molecule has 3 aliphatic rings. The van der Waals surface area contributed by atoms with Gasteiger partial charge in [0, 0.05) is 32.1 Å². The highest BCUT2D eigenvalue weighted by Crippen LogP contribution is 2.34. The van der Waals surface area contributed by atoms with Crippen LogP contribution in [0.5, 0.6) is 0 Å². The van der Waals surface area contributed by atoms with Crippen LogP contribution in [0.3, 0.4) is 0 Å². The van der Waals surface area contributed by atoms with Gasteiger partial charge in [-0.2, -0.15) is 0 Å². The highest BCUT2D eigenvalue weighted by Gasteiger charge is 2.34. The fourth-order valence-corrected chi connectivity index (χ4v) is 5.41. The van der Waals surface area contributed by atoms with Crippen molar-refractivity contribution < 1.29 is 23.6 Å². The predicted octanol–water partition coefficient (Wildman–Crippen LogP) is 1.73. The Morgan fingerprint density at radius 3 is 2.39 bits per heavy atom. The summed E-state index contributed by atoms with van der Waals surface area (Å²) in [5.41, 5.74) is 0.323. The van der Waals surface area contributed by atoms with Crippen molar-refractivity contribution in [2.75, 3.05) is 38.1 Å². The molecule has 0 aromatic heterocycles. The Labute approximate surface area is 192 Å². The van der Waals surface area contributed by atoms with Gasteiger partial charge in [0.15, 0.2) is 6.29 Å². The number of hydrogen-bond acceptors (Lipinski definition) is 6. The first kappa shape index (κ1) is 23.4. The smallest absolute Gasteiger partial charge is 0.255 e. The van der Waals surface area contributed by atoms with Gasteiger partial charge < -0.3 is 15.1 Å². The predicted molar refractivity (Wildman–Crippen MR) is 121 cm³/mol. The topological polar surface area (TPSA) is 98.8 Å². The van der Waals surface area contributed by atoms with E-state index in [2.05, 4.69) is 10.6 Å². The summed E-state index contributed by atoms with van der Waals surface area (Å²) in [4.78, 5) is 51.6. The van der Waals surface area contributed by atoms with Crippen molar-refractivity contribution in [1.82, 2.24) is 15.5 Å². The lowest BCUT2D eigenvalue weighted by atomic mass is 9.79.